The van der Waals surface area contributed by atoms with Crippen LogP contribution in [0.15, 0.2) is 54.6 Å². The van der Waals surface area contributed by atoms with Gasteiger partial charge in [0.15, 0.2) is 0 Å². The molecule has 1 amide bonds. The molecule has 0 radical (unpaired) electrons. The molecule has 0 aromatic heterocycles. The van der Waals surface area contributed by atoms with Crippen LogP contribution in [0.1, 0.15) is 24.0 Å². The molecular formula is C22H24ClNO2. The summed E-state index contributed by atoms with van der Waals surface area (Å²) in [5.74, 6) is 1.58. The Labute approximate surface area is 160 Å². The molecule has 3 rings (SSSR count). The molecule has 2 aromatic rings. The van der Waals surface area contributed by atoms with Crippen molar-refractivity contribution in [3.8, 4) is 5.75 Å². The second-order valence-electron chi connectivity index (χ2n) is 6.68. The average Bonchev–Trinajstić information content (AvgIpc) is 2.68. The summed E-state index contributed by atoms with van der Waals surface area (Å²) in [4.78, 5) is 14.3. The summed E-state index contributed by atoms with van der Waals surface area (Å²) in [6.45, 7) is 1.62. The van der Waals surface area contributed by atoms with Gasteiger partial charge in [0, 0.05) is 24.2 Å². The first-order chi connectivity index (χ1) is 12.7. The smallest absolute Gasteiger partial charge is 0.246 e. The van der Waals surface area contributed by atoms with E-state index >= 15 is 0 Å². The molecule has 136 valence electrons. The van der Waals surface area contributed by atoms with E-state index in [0.29, 0.717) is 10.9 Å². The number of likely N-dealkylation sites (tertiary alicyclic amines) is 1. The Balaban J connectivity index is 1.49. The highest BCUT2D eigenvalue weighted by Crippen LogP contribution is 2.23. The van der Waals surface area contributed by atoms with E-state index in [-0.39, 0.29) is 5.91 Å². The molecule has 1 aliphatic heterocycles. The van der Waals surface area contributed by atoms with Crippen LogP contribution in [0.5, 0.6) is 5.75 Å². The first-order valence-corrected chi connectivity index (χ1v) is 9.38. The van der Waals surface area contributed by atoms with E-state index in [1.165, 1.54) is 5.56 Å². The summed E-state index contributed by atoms with van der Waals surface area (Å²) < 4.78 is 5.20. The minimum absolute atomic E-state index is 0.0628. The van der Waals surface area contributed by atoms with Crippen LogP contribution in [-0.4, -0.2) is 31.0 Å². The van der Waals surface area contributed by atoms with Gasteiger partial charge in [0.1, 0.15) is 5.75 Å². The molecule has 3 nitrogen and oxygen atoms in total. The zero-order chi connectivity index (χ0) is 18.4. The molecule has 26 heavy (non-hydrogen) atoms. The number of hydrogen-bond donors (Lipinski definition) is 0. The number of rotatable bonds is 5. The fraction of sp³-hybridized carbons (Fsp3) is 0.318. The lowest BCUT2D eigenvalue weighted by Gasteiger charge is -2.31. The van der Waals surface area contributed by atoms with Gasteiger partial charge in [-0.1, -0.05) is 41.9 Å². The largest absolute Gasteiger partial charge is 0.497 e. The highest BCUT2D eigenvalue weighted by Gasteiger charge is 2.21. The van der Waals surface area contributed by atoms with Crippen LogP contribution in [0.3, 0.4) is 0 Å². The van der Waals surface area contributed by atoms with Crippen LogP contribution in [0.4, 0.5) is 0 Å². The predicted molar refractivity (Wildman–Crippen MR) is 106 cm³/mol. The highest BCUT2D eigenvalue weighted by molar-refractivity contribution is 6.32. The van der Waals surface area contributed by atoms with E-state index in [0.717, 1.165) is 43.7 Å². The molecule has 0 N–H and O–H groups in total. The zero-order valence-corrected chi connectivity index (χ0v) is 15.8. The van der Waals surface area contributed by atoms with Crippen molar-refractivity contribution in [3.05, 3.63) is 70.8 Å². The summed E-state index contributed by atoms with van der Waals surface area (Å²) in [5.41, 5.74) is 2.20. The third kappa shape index (κ3) is 4.89. The quantitative estimate of drug-likeness (QED) is 0.705. The Morgan fingerprint density at radius 1 is 1.15 bits per heavy atom. The second kappa shape index (κ2) is 8.91. The SMILES string of the molecule is COc1ccc(CC2CCN(C(=O)/C=C/c3ccccc3Cl)CC2)cc1. The maximum Gasteiger partial charge on any atom is 0.246 e. The number of carbonyl (C=O) groups is 1. The minimum Gasteiger partial charge on any atom is -0.497 e. The van der Waals surface area contributed by atoms with E-state index in [9.17, 15) is 4.79 Å². The van der Waals surface area contributed by atoms with E-state index in [1.54, 1.807) is 19.3 Å². The number of carbonyl (C=O) groups excluding carboxylic acids is 1. The number of piperidine rings is 1. The fourth-order valence-electron chi connectivity index (χ4n) is 3.33. The van der Waals surface area contributed by atoms with Crippen molar-refractivity contribution in [1.29, 1.82) is 0 Å². The zero-order valence-electron chi connectivity index (χ0n) is 15.0. The summed E-state index contributed by atoms with van der Waals surface area (Å²) in [6.07, 6.45) is 6.57. The van der Waals surface area contributed by atoms with Crippen molar-refractivity contribution in [3.63, 3.8) is 0 Å². The Morgan fingerprint density at radius 2 is 1.85 bits per heavy atom. The third-order valence-corrected chi connectivity index (χ3v) is 5.26. The number of amides is 1. The Morgan fingerprint density at radius 3 is 2.50 bits per heavy atom. The van der Waals surface area contributed by atoms with Crippen LogP contribution in [0, 0.1) is 5.92 Å². The minimum atomic E-state index is 0.0628. The van der Waals surface area contributed by atoms with Gasteiger partial charge in [-0.05, 0) is 60.6 Å². The first-order valence-electron chi connectivity index (χ1n) is 9.00. The van der Waals surface area contributed by atoms with Gasteiger partial charge in [-0.25, -0.2) is 0 Å². The van der Waals surface area contributed by atoms with Gasteiger partial charge in [-0.2, -0.15) is 0 Å². The van der Waals surface area contributed by atoms with E-state index in [1.807, 2.05) is 41.3 Å². The number of ether oxygens (including phenoxy) is 1. The van der Waals surface area contributed by atoms with Gasteiger partial charge < -0.3 is 9.64 Å². The topological polar surface area (TPSA) is 29.5 Å². The average molecular weight is 370 g/mol. The maximum absolute atomic E-state index is 12.4. The Hall–Kier alpha value is -2.26. The number of hydrogen-bond acceptors (Lipinski definition) is 2. The lowest BCUT2D eigenvalue weighted by atomic mass is 9.90. The molecule has 0 unspecified atom stereocenters. The number of benzene rings is 2. The van der Waals surface area contributed by atoms with Gasteiger partial charge >= 0.3 is 0 Å². The molecule has 0 atom stereocenters. The summed E-state index contributed by atoms with van der Waals surface area (Å²) in [5, 5.41) is 0.662. The maximum atomic E-state index is 12.4. The molecule has 4 heteroatoms. The van der Waals surface area contributed by atoms with Gasteiger partial charge in [-0.3, -0.25) is 4.79 Å². The highest BCUT2D eigenvalue weighted by atomic mass is 35.5. The van der Waals surface area contributed by atoms with Crippen molar-refractivity contribution in [2.24, 2.45) is 5.92 Å². The van der Waals surface area contributed by atoms with Crippen molar-refractivity contribution < 1.29 is 9.53 Å². The summed E-state index contributed by atoms with van der Waals surface area (Å²) in [6, 6.07) is 15.8. The van der Waals surface area contributed by atoms with Gasteiger partial charge in [-0.15, -0.1) is 0 Å². The van der Waals surface area contributed by atoms with Crippen molar-refractivity contribution in [1.82, 2.24) is 4.90 Å². The lowest BCUT2D eigenvalue weighted by molar-refractivity contribution is -0.127. The van der Waals surface area contributed by atoms with E-state index in [4.69, 9.17) is 16.3 Å². The molecule has 0 saturated carbocycles. The van der Waals surface area contributed by atoms with E-state index in [2.05, 4.69) is 12.1 Å². The first kappa shape index (κ1) is 18.5. The van der Waals surface area contributed by atoms with Gasteiger partial charge in [0.05, 0.1) is 7.11 Å². The molecule has 0 aliphatic carbocycles. The van der Waals surface area contributed by atoms with Crippen LogP contribution in [0.2, 0.25) is 5.02 Å². The second-order valence-corrected chi connectivity index (χ2v) is 7.08. The van der Waals surface area contributed by atoms with Gasteiger partial charge in [0.2, 0.25) is 5.91 Å². The number of halogens is 1. The normalized spacial score (nSPS) is 15.4. The van der Waals surface area contributed by atoms with Crippen molar-refractivity contribution in [2.45, 2.75) is 19.3 Å². The molecule has 0 bridgehead atoms. The molecular weight excluding hydrogens is 346 g/mol. The Kier molecular flexibility index (Phi) is 6.35. The molecule has 2 aromatic carbocycles. The molecule has 0 spiro atoms. The molecule has 1 aliphatic rings. The molecule has 1 fully saturated rings. The fourth-order valence-corrected chi connectivity index (χ4v) is 3.53. The predicted octanol–water partition coefficient (Wildman–Crippen LogP) is 4.84. The number of nitrogens with zero attached hydrogens (tertiary/aromatic N) is 1. The summed E-state index contributed by atoms with van der Waals surface area (Å²) >= 11 is 6.12. The van der Waals surface area contributed by atoms with Crippen molar-refractivity contribution >= 4 is 23.6 Å². The lowest BCUT2D eigenvalue weighted by Crippen LogP contribution is -2.37. The molecule has 1 saturated heterocycles. The summed E-state index contributed by atoms with van der Waals surface area (Å²) in [7, 11) is 1.68. The standard InChI is InChI=1S/C22H24ClNO2/c1-26-20-9-6-17(7-10-20)16-18-12-14-24(15-13-18)22(25)11-8-19-4-2-3-5-21(19)23/h2-11,18H,12-16H2,1H3/b11-8+. The third-order valence-electron chi connectivity index (χ3n) is 4.92. The van der Waals surface area contributed by atoms with Crippen LogP contribution in [0.25, 0.3) is 6.08 Å². The number of methoxy groups -OCH3 is 1. The van der Waals surface area contributed by atoms with Crippen LogP contribution < -0.4 is 4.74 Å². The van der Waals surface area contributed by atoms with E-state index < -0.39 is 0 Å². The van der Waals surface area contributed by atoms with Crippen LogP contribution >= 0.6 is 11.6 Å². The van der Waals surface area contributed by atoms with Gasteiger partial charge in [0.25, 0.3) is 0 Å². The molecule has 1 heterocycles. The van der Waals surface area contributed by atoms with Crippen LogP contribution in [-0.2, 0) is 11.2 Å². The van der Waals surface area contributed by atoms with Crippen molar-refractivity contribution in [2.75, 3.05) is 20.2 Å². The Bertz CT molecular complexity index is 762. The monoisotopic (exact) mass is 369 g/mol.